The van der Waals surface area contributed by atoms with Gasteiger partial charge < -0.3 is 15.0 Å². The highest BCUT2D eigenvalue weighted by molar-refractivity contribution is 4.80. The van der Waals surface area contributed by atoms with Gasteiger partial charge in [0, 0.05) is 18.6 Å². The van der Waals surface area contributed by atoms with Crippen molar-refractivity contribution >= 4 is 0 Å². The van der Waals surface area contributed by atoms with E-state index in [-0.39, 0.29) is 0 Å². The number of nitrogens with one attached hydrogen (secondary N) is 1. The van der Waals surface area contributed by atoms with Crippen LogP contribution >= 0.6 is 0 Å². The molecule has 0 spiro atoms. The summed E-state index contributed by atoms with van der Waals surface area (Å²) in [7, 11) is 0. The highest BCUT2D eigenvalue weighted by Gasteiger charge is 2.24. The molecule has 0 aromatic rings. The van der Waals surface area contributed by atoms with Gasteiger partial charge in [0.1, 0.15) is 0 Å². The number of hydrogen-bond acceptors (Lipinski definition) is 3. The van der Waals surface area contributed by atoms with Crippen molar-refractivity contribution < 1.29 is 4.74 Å². The minimum Gasteiger partial charge on any atom is -0.379 e. The van der Waals surface area contributed by atoms with Gasteiger partial charge >= 0.3 is 0 Å². The van der Waals surface area contributed by atoms with Crippen LogP contribution in [0.2, 0.25) is 0 Å². The third-order valence-electron chi connectivity index (χ3n) is 4.47. The summed E-state index contributed by atoms with van der Waals surface area (Å²) in [5.74, 6) is 0.981. The molecule has 100 valence electrons. The van der Waals surface area contributed by atoms with E-state index in [1.165, 1.54) is 38.8 Å². The number of likely N-dealkylation sites (tertiary alicyclic amines) is 1. The zero-order valence-electron chi connectivity index (χ0n) is 11.5. The van der Waals surface area contributed by atoms with E-state index in [0.717, 1.165) is 25.7 Å². The minimum atomic E-state index is 0.572. The number of nitrogens with zero attached hydrogens (tertiary/aromatic N) is 1. The Kier molecular flexibility index (Phi) is 5.26. The minimum absolute atomic E-state index is 0.572. The number of ether oxygens (including phenoxy) is 1. The summed E-state index contributed by atoms with van der Waals surface area (Å²) in [4.78, 5) is 2.67. The van der Waals surface area contributed by atoms with E-state index in [9.17, 15) is 0 Å². The molecule has 2 rings (SSSR count). The Morgan fingerprint density at radius 3 is 2.71 bits per heavy atom. The van der Waals surface area contributed by atoms with Crippen molar-refractivity contribution in [1.29, 1.82) is 0 Å². The molecule has 1 N–H and O–H groups in total. The van der Waals surface area contributed by atoms with Crippen molar-refractivity contribution in [3.8, 4) is 0 Å². The Hall–Kier alpha value is -0.120. The standard InChI is InChI=1S/C14H28N2O/c1-3-13-4-7-16(8-5-13)12(2)10-14-11-17-9-6-15-14/h12-15H,3-11H2,1-2H3. The number of hydrogen-bond donors (Lipinski definition) is 1. The molecule has 17 heavy (non-hydrogen) atoms. The molecule has 0 aromatic heterocycles. The second kappa shape index (κ2) is 6.72. The zero-order chi connectivity index (χ0) is 12.1. The highest BCUT2D eigenvalue weighted by atomic mass is 16.5. The second-order valence-electron chi connectivity index (χ2n) is 5.70. The monoisotopic (exact) mass is 240 g/mol. The first kappa shape index (κ1) is 13.3. The molecule has 0 amide bonds. The Balaban J connectivity index is 1.70. The van der Waals surface area contributed by atoms with E-state index in [0.29, 0.717) is 12.1 Å². The van der Waals surface area contributed by atoms with Gasteiger partial charge in [0.15, 0.2) is 0 Å². The van der Waals surface area contributed by atoms with E-state index in [1.54, 1.807) is 0 Å². The quantitative estimate of drug-likeness (QED) is 0.812. The van der Waals surface area contributed by atoms with E-state index in [1.807, 2.05) is 0 Å². The predicted molar refractivity (Wildman–Crippen MR) is 71.3 cm³/mol. The fourth-order valence-corrected chi connectivity index (χ4v) is 3.13. The smallest absolute Gasteiger partial charge is 0.0620 e. The van der Waals surface area contributed by atoms with Crippen molar-refractivity contribution in [2.45, 2.75) is 51.6 Å². The molecule has 2 atom stereocenters. The molecule has 2 aliphatic rings. The zero-order valence-corrected chi connectivity index (χ0v) is 11.5. The van der Waals surface area contributed by atoms with Crippen LogP contribution in [0, 0.1) is 5.92 Å². The lowest BCUT2D eigenvalue weighted by molar-refractivity contribution is 0.0561. The molecule has 3 heteroatoms. The van der Waals surface area contributed by atoms with Crippen LogP contribution in [0.5, 0.6) is 0 Å². The summed E-state index contributed by atoms with van der Waals surface area (Å²) in [6.45, 7) is 10.1. The van der Waals surface area contributed by atoms with Gasteiger partial charge in [-0.1, -0.05) is 13.3 Å². The molecule has 3 nitrogen and oxygen atoms in total. The fraction of sp³-hybridized carbons (Fsp3) is 1.00. The van der Waals surface area contributed by atoms with Gasteiger partial charge in [0.05, 0.1) is 13.2 Å². The maximum atomic E-state index is 5.52. The van der Waals surface area contributed by atoms with Crippen LogP contribution in [-0.2, 0) is 4.74 Å². The lowest BCUT2D eigenvalue weighted by Gasteiger charge is -2.37. The summed E-state index contributed by atoms with van der Waals surface area (Å²) in [5, 5.41) is 3.56. The molecule has 2 aliphatic heterocycles. The topological polar surface area (TPSA) is 24.5 Å². The second-order valence-corrected chi connectivity index (χ2v) is 5.70. The number of morpholine rings is 1. The first-order valence-electron chi connectivity index (χ1n) is 7.34. The van der Waals surface area contributed by atoms with Crippen LogP contribution in [0.1, 0.15) is 39.5 Å². The van der Waals surface area contributed by atoms with Crippen molar-refractivity contribution in [2.75, 3.05) is 32.8 Å². The third-order valence-corrected chi connectivity index (χ3v) is 4.47. The maximum Gasteiger partial charge on any atom is 0.0620 e. The molecule has 0 aromatic carbocycles. The number of rotatable bonds is 4. The molecule has 0 bridgehead atoms. The van der Waals surface area contributed by atoms with Crippen molar-refractivity contribution in [3.63, 3.8) is 0 Å². The molecule has 2 fully saturated rings. The molecule has 0 radical (unpaired) electrons. The average molecular weight is 240 g/mol. The Morgan fingerprint density at radius 1 is 1.35 bits per heavy atom. The summed E-state index contributed by atoms with van der Waals surface area (Å²) < 4.78 is 5.52. The Labute approximate surface area is 106 Å². The lowest BCUT2D eigenvalue weighted by Crippen LogP contribution is -2.47. The summed E-state index contributed by atoms with van der Waals surface area (Å²) in [6.07, 6.45) is 5.39. The largest absolute Gasteiger partial charge is 0.379 e. The van der Waals surface area contributed by atoms with Crippen molar-refractivity contribution in [3.05, 3.63) is 0 Å². The van der Waals surface area contributed by atoms with E-state index in [2.05, 4.69) is 24.1 Å². The van der Waals surface area contributed by atoms with Gasteiger partial charge in [-0.25, -0.2) is 0 Å². The predicted octanol–water partition coefficient (Wildman–Crippen LogP) is 1.88. The van der Waals surface area contributed by atoms with Gasteiger partial charge in [-0.15, -0.1) is 0 Å². The number of piperidine rings is 1. The van der Waals surface area contributed by atoms with Crippen LogP contribution in [-0.4, -0.2) is 49.8 Å². The first-order valence-corrected chi connectivity index (χ1v) is 7.34. The Morgan fingerprint density at radius 2 is 2.12 bits per heavy atom. The van der Waals surface area contributed by atoms with Crippen LogP contribution in [0.4, 0.5) is 0 Å². The SMILES string of the molecule is CCC1CCN(C(C)CC2COCCN2)CC1. The third kappa shape index (κ3) is 3.94. The van der Waals surface area contributed by atoms with Gasteiger partial charge in [-0.05, 0) is 45.2 Å². The van der Waals surface area contributed by atoms with E-state index >= 15 is 0 Å². The van der Waals surface area contributed by atoms with Crippen LogP contribution in [0.25, 0.3) is 0 Å². The lowest BCUT2D eigenvalue weighted by atomic mass is 9.93. The summed E-state index contributed by atoms with van der Waals surface area (Å²) >= 11 is 0. The summed E-state index contributed by atoms with van der Waals surface area (Å²) in [5.41, 5.74) is 0. The average Bonchev–Trinajstić information content (AvgIpc) is 2.40. The highest BCUT2D eigenvalue weighted by Crippen LogP contribution is 2.22. The molecule has 2 saturated heterocycles. The van der Waals surface area contributed by atoms with Gasteiger partial charge in [0.25, 0.3) is 0 Å². The Bertz CT molecular complexity index is 208. The van der Waals surface area contributed by atoms with E-state index < -0.39 is 0 Å². The molecule has 0 saturated carbocycles. The molecular weight excluding hydrogens is 212 g/mol. The van der Waals surface area contributed by atoms with Crippen LogP contribution in [0.15, 0.2) is 0 Å². The maximum absolute atomic E-state index is 5.52. The van der Waals surface area contributed by atoms with E-state index in [4.69, 9.17) is 4.74 Å². The van der Waals surface area contributed by atoms with Crippen LogP contribution < -0.4 is 5.32 Å². The van der Waals surface area contributed by atoms with Gasteiger partial charge in [-0.2, -0.15) is 0 Å². The van der Waals surface area contributed by atoms with Crippen LogP contribution in [0.3, 0.4) is 0 Å². The molecule has 2 unspecified atom stereocenters. The van der Waals surface area contributed by atoms with Crippen molar-refractivity contribution in [1.82, 2.24) is 10.2 Å². The first-order chi connectivity index (χ1) is 8.29. The molecule has 2 heterocycles. The molecular formula is C14H28N2O. The normalized spacial score (nSPS) is 30.4. The fourth-order valence-electron chi connectivity index (χ4n) is 3.13. The summed E-state index contributed by atoms with van der Waals surface area (Å²) in [6, 6.07) is 1.27. The van der Waals surface area contributed by atoms with Gasteiger partial charge in [-0.3, -0.25) is 0 Å². The molecule has 0 aliphatic carbocycles. The van der Waals surface area contributed by atoms with Crippen molar-refractivity contribution in [2.24, 2.45) is 5.92 Å². The van der Waals surface area contributed by atoms with Gasteiger partial charge in [0.2, 0.25) is 0 Å².